The molecule has 2 N–H and O–H groups in total. The van der Waals surface area contributed by atoms with Crippen LogP contribution in [0.5, 0.6) is 5.75 Å². The maximum atomic E-state index is 13.6. The number of hydrogen-bond acceptors (Lipinski definition) is 3. The average molecular weight is 290 g/mol. The molecule has 1 unspecified atom stereocenters. The molecule has 0 aliphatic carbocycles. The standard InChI is InChI=1S/C15H15FN2O3/c1-9(10-3-4-14(21-2)12(16)7-10)18-15(20)11-8-17-6-5-13(11)19/h3-9H,1-2H3,(H,17,19)(H,18,20). The van der Waals surface area contributed by atoms with E-state index >= 15 is 0 Å². The van der Waals surface area contributed by atoms with Crippen LogP contribution in [0.25, 0.3) is 0 Å². The fourth-order valence-electron chi connectivity index (χ4n) is 1.90. The van der Waals surface area contributed by atoms with E-state index in [4.69, 9.17) is 4.74 Å². The molecule has 1 aromatic carbocycles. The van der Waals surface area contributed by atoms with Gasteiger partial charge in [-0.25, -0.2) is 4.39 Å². The number of carbonyl (C=O) groups excluding carboxylic acids is 1. The van der Waals surface area contributed by atoms with Gasteiger partial charge >= 0.3 is 0 Å². The highest BCUT2D eigenvalue weighted by Gasteiger charge is 2.15. The molecule has 2 aromatic rings. The smallest absolute Gasteiger partial charge is 0.257 e. The Morgan fingerprint density at radius 2 is 2.14 bits per heavy atom. The average Bonchev–Trinajstić information content (AvgIpc) is 2.47. The molecular weight excluding hydrogens is 275 g/mol. The fourth-order valence-corrected chi connectivity index (χ4v) is 1.90. The fraction of sp³-hybridized carbons (Fsp3) is 0.200. The first kappa shape index (κ1) is 14.8. The Morgan fingerprint density at radius 3 is 2.76 bits per heavy atom. The van der Waals surface area contributed by atoms with E-state index in [0.29, 0.717) is 5.56 Å². The van der Waals surface area contributed by atoms with Crippen LogP contribution in [-0.2, 0) is 0 Å². The number of nitrogens with one attached hydrogen (secondary N) is 2. The highest BCUT2D eigenvalue weighted by Crippen LogP contribution is 2.21. The van der Waals surface area contributed by atoms with Crippen molar-refractivity contribution < 1.29 is 13.9 Å². The van der Waals surface area contributed by atoms with Crippen molar-refractivity contribution in [2.45, 2.75) is 13.0 Å². The molecule has 0 radical (unpaired) electrons. The molecule has 1 aromatic heterocycles. The van der Waals surface area contributed by atoms with Crippen molar-refractivity contribution in [2.24, 2.45) is 0 Å². The lowest BCUT2D eigenvalue weighted by Gasteiger charge is -2.15. The van der Waals surface area contributed by atoms with Gasteiger partial charge < -0.3 is 15.0 Å². The van der Waals surface area contributed by atoms with E-state index in [-0.39, 0.29) is 16.7 Å². The van der Waals surface area contributed by atoms with Crippen LogP contribution in [0.3, 0.4) is 0 Å². The predicted molar refractivity (Wildman–Crippen MR) is 75.9 cm³/mol. The number of rotatable bonds is 4. The number of carbonyl (C=O) groups is 1. The van der Waals surface area contributed by atoms with Crippen LogP contribution in [0.1, 0.15) is 28.9 Å². The number of amides is 1. The molecule has 0 aliphatic heterocycles. The van der Waals surface area contributed by atoms with Gasteiger partial charge in [0, 0.05) is 18.5 Å². The maximum absolute atomic E-state index is 13.6. The van der Waals surface area contributed by atoms with Gasteiger partial charge in [-0.3, -0.25) is 9.59 Å². The molecule has 21 heavy (non-hydrogen) atoms. The van der Waals surface area contributed by atoms with Crippen molar-refractivity contribution in [1.82, 2.24) is 10.3 Å². The lowest BCUT2D eigenvalue weighted by molar-refractivity contribution is 0.0938. The van der Waals surface area contributed by atoms with E-state index in [1.54, 1.807) is 13.0 Å². The molecule has 1 atom stereocenters. The number of methoxy groups -OCH3 is 1. The van der Waals surface area contributed by atoms with Gasteiger partial charge in [0.25, 0.3) is 5.91 Å². The van der Waals surface area contributed by atoms with Crippen LogP contribution in [0.2, 0.25) is 0 Å². The third-order valence-corrected chi connectivity index (χ3v) is 3.09. The first-order valence-corrected chi connectivity index (χ1v) is 6.34. The Balaban J connectivity index is 2.16. The first-order chi connectivity index (χ1) is 10.0. The van der Waals surface area contributed by atoms with E-state index in [1.165, 1.54) is 37.7 Å². The second-order valence-corrected chi connectivity index (χ2v) is 4.51. The minimum atomic E-state index is -0.513. The Hall–Kier alpha value is -2.63. The second kappa shape index (κ2) is 6.21. The summed E-state index contributed by atoms with van der Waals surface area (Å²) in [5, 5.41) is 2.65. The topological polar surface area (TPSA) is 71.2 Å². The molecule has 1 amide bonds. The summed E-state index contributed by atoms with van der Waals surface area (Å²) in [5.41, 5.74) is 0.215. The van der Waals surface area contributed by atoms with Gasteiger partial charge in [-0.1, -0.05) is 6.07 Å². The summed E-state index contributed by atoms with van der Waals surface area (Å²) in [7, 11) is 1.38. The molecule has 0 saturated carbocycles. The van der Waals surface area contributed by atoms with Gasteiger partial charge in [0.15, 0.2) is 17.0 Å². The Labute approximate surface area is 120 Å². The number of ether oxygens (including phenoxy) is 1. The third kappa shape index (κ3) is 3.28. The van der Waals surface area contributed by atoms with Crippen LogP contribution in [0.15, 0.2) is 41.5 Å². The van der Waals surface area contributed by atoms with Gasteiger partial charge in [0.1, 0.15) is 5.56 Å². The van der Waals surface area contributed by atoms with Gasteiger partial charge in [0.05, 0.1) is 13.2 Å². The quantitative estimate of drug-likeness (QED) is 0.905. The molecule has 6 heteroatoms. The normalized spacial score (nSPS) is 11.8. The molecular formula is C15H15FN2O3. The van der Waals surface area contributed by atoms with Gasteiger partial charge in [-0.05, 0) is 24.6 Å². The van der Waals surface area contributed by atoms with Crippen LogP contribution in [0, 0.1) is 5.82 Å². The summed E-state index contributed by atoms with van der Waals surface area (Å²) in [6, 6.07) is 5.26. The van der Waals surface area contributed by atoms with Crippen LogP contribution in [-0.4, -0.2) is 18.0 Å². The van der Waals surface area contributed by atoms with Gasteiger partial charge in [0.2, 0.25) is 0 Å². The number of aromatic nitrogens is 1. The largest absolute Gasteiger partial charge is 0.494 e. The zero-order valence-corrected chi connectivity index (χ0v) is 11.6. The number of pyridine rings is 1. The Bertz CT molecular complexity index is 712. The van der Waals surface area contributed by atoms with E-state index in [9.17, 15) is 14.0 Å². The Morgan fingerprint density at radius 1 is 1.38 bits per heavy atom. The SMILES string of the molecule is COc1ccc(C(C)NC(=O)c2c[nH]ccc2=O)cc1F. The minimum absolute atomic E-state index is 0.0123. The van der Waals surface area contributed by atoms with Gasteiger partial charge in [-0.2, -0.15) is 0 Å². The van der Waals surface area contributed by atoms with E-state index in [0.717, 1.165) is 0 Å². The predicted octanol–water partition coefficient (Wildman–Crippen LogP) is 2.01. The molecule has 5 nitrogen and oxygen atoms in total. The van der Waals surface area contributed by atoms with Crippen molar-refractivity contribution >= 4 is 5.91 Å². The molecule has 1 heterocycles. The molecule has 0 bridgehead atoms. The molecule has 0 fully saturated rings. The van der Waals surface area contributed by atoms with Crippen molar-refractivity contribution in [1.29, 1.82) is 0 Å². The summed E-state index contributed by atoms with van der Waals surface area (Å²) >= 11 is 0. The molecule has 2 rings (SSSR count). The number of aromatic amines is 1. The van der Waals surface area contributed by atoms with E-state index in [2.05, 4.69) is 10.3 Å². The molecule has 110 valence electrons. The van der Waals surface area contributed by atoms with Crippen molar-refractivity contribution in [3.63, 3.8) is 0 Å². The number of H-pyrrole nitrogens is 1. The van der Waals surface area contributed by atoms with Crippen LogP contribution >= 0.6 is 0 Å². The van der Waals surface area contributed by atoms with Crippen molar-refractivity contribution in [3.8, 4) is 5.75 Å². The highest BCUT2D eigenvalue weighted by molar-refractivity contribution is 5.93. The third-order valence-electron chi connectivity index (χ3n) is 3.09. The lowest BCUT2D eigenvalue weighted by Crippen LogP contribution is -2.30. The maximum Gasteiger partial charge on any atom is 0.257 e. The summed E-state index contributed by atoms with van der Waals surface area (Å²) in [6.45, 7) is 1.70. The zero-order valence-electron chi connectivity index (χ0n) is 11.6. The summed E-state index contributed by atoms with van der Waals surface area (Å²) in [5.74, 6) is -0.883. The summed E-state index contributed by atoms with van der Waals surface area (Å²) in [4.78, 5) is 26.2. The minimum Gasteiger partial charge on any atom is -0.494 e. The zero-order chi connectivity index (χ0) is 15.4. The number of hydrogen-bond donors (Lipinski definition) is 2. The monoisotopic (exact) mass is 290 g/mol. The lowest BCUT2D eigenvalue weighted by atomic mass is 10.1. The Kier molecular flexibility index (Phi) is 4.37. The number of benzene rings is 1. The first-order valence-electron chi connectivity index (χ1n) is 6.34. The second-order valence-electron chi connectivity index (χ2n) is 4.51. The summed E-state index contributed by atoms with van der Waals surface area (Å²) < 4.78 is 18.5. The highest BCUT2D eigenvalue weighted by atomic mass is 19.1. The number of halogens is 1. The van der Waals surface area contributed by atoms with Gasteiger partial charge in [-0.15, -0.1) is 0 Å². The molecule has 0 saturated heterocycles. The molecule has 0 aliphatic rings. The van der Waals surface area contributed by atoms with Crippen LogP contribution < -0.4 is 15.5 Å². The van der Waals surface area contributed by atoms with E-state index < -0.39 is 17.8 Å². The molecule has 0 spiro atoms. The van der Waals surface area contributed by atoms with Crippen molar-refractivity contribution in [2.75, 3.05) is 7.11 Å². The van der Waals surface area contributed by atoms with E-state index in [1.807, 2.05) is 0 Å². The summed E-state index contributed by atoms with van der Waals surface area (Å²) in [6.07, 6.45) is 2.78. The van der Waals surface area contributed by atoms with Crippen molar-refractivity contribution in [3.05, 3.63) is 63.8 Å². The van der Waals surface area contributed by atoms with Crippen LogP contribution in [0.4, 0.5) is 4.39 Å².